The highest BCUT2D eigenvalue weighted by molar-refractivity contribution is 5.95. The molecular weight excluding hydrogens is 212 g/mol. The van der Waals surface area contributed by atoms with Crippen LogP contribution in [0.1, 0.15) is 24.3 Å². The lowest BCUT2D eigenvalue weighted by Gasteiger charge is -2.05. The van der Waals surface area contributed by atoms with Gasteiger partial charge in [-0.05, 0) is 0 Å². The van der Waals surface area contributed by atoms with Crippen LogP contribution in [0.15, 0.2) is 42.7 Å². The molecule has 17 heavy (non-hydrogen) atoms. The molecule has 1 aromatic carbocycles. The van der Waals surface area contributed by atoms with Crippen molar-refractivity contribution in [1.29, 1.82) is 0 Å². The lowest BCUT2D eigenvalue weighted by Crippen LogP contribution is -2.10. The fraction of sp³-hybridized carbons (Fsp3) is 0.214. The summed E-state index contributed by atoms with van der Waals surface area (Å²) in [6.07, 6.45) is 3.20. The Morgan fingerprint density at radius 1 is 1.12 bits per heavy atom. The van der Waals surface area contributed by atoms with Crippen LogP contribution in [0.25, 0.3) is 11.3 Å². The quantitative estimate of drug-likeness (QED) is 0.755. The highest BCUT2D eigenvalue weighted by Crippen LogP contribution is 2.16. The first kappa shape index (κ1) is 11.5. The molecule has 1 aromatic heterocycles. The zero-order valence-electron chi connectivity index (χ0n) is 9.92. The predicted octanol–water partition coefficient (Wildman–Crippen LogP) is 2.98. The molecule has 0 aliphatic carbocycles. The van der Waals surface area contributed by atoms with Crippen molar-refractivity contribution in [2.75, 3.05) is 0 Å². The van der Waals surface area contributed by atoms with Gasteiger partial charge in [0.2, 0.25) is 0 Å². The van der Waals surface area contributed by atoms with E-state index in [1.165, 1.54) is 6.20 Å². The van der Waals surface area contributed by atoms with Gasteiger partial charge in [-0.2, -0.15) is 0 Å². The maximum Gasteiger partial charge on any atom is 0.185 e. The largest absolute Gasteiger partial charge is 0.292 e. The Kier molecular flexibility index (Phi) is 3.28. The first-order valence-electron chi connectivity index (χ1n) is 5.60. The molecule has 0 saturated heterocycles. The molecule has 1 heterocycles. The SMILES string of the molecule is CC(C)C(=O)c1cncc(-c2ccccc2)n1. The maximum absolute atomic E-state index is 11.8. The van der Waals surface area contributed by atoms with Crippen molar-refractivity contribution in [3.8, 4) is 11.3 Å². The molecule has 0 fully saturated rings. The molecule has 2 rings (SSSR count). The van der Waals surface area contributed by atoms with E-state index in [0.717, 1.165) is 11.3 Å². The van der Waals surface area contributed by atoms with Gasteiger partial charge in [-0.25, -0.2) is 4.98 Å². The van der Waals surface area contributed by atoms with E-state index in [0.29, 0.717) is 5.69 Å². The first-order valence-corrected chi connectivity index (χ1v) is 5.60. The van der Waals surface area contributed by atoms with Gasteiger partial charge in [0.1, 0.15) is 5.69 Å². The monoisotopic (exact) mass is 226 g/mol. The normalized spacial score (nSPS) is 10.5. The van der Waals surface area contributed by atoms with Crippen LogP contribution in [-0.2, 0) is 0 Å². The zero-order chi connectivity index (χ0) is 12.3. The maximum atomic E-state index is 11.8. The van der Waals surface area contributed by atoms with Gasteiger partial charge in [-0.3, -0.25) is 9.78 Å². The van der Waals surface area contributed by atoms with E-state index in [1.54, 1.807) is 6.20 Å². The van der Waals surface area contributed by atoms with Crippen LogP contribution < -0.4 is 0 Å². The smallest absolute Gasteiger partial charge is 0.185 e. The van der Waals surface area contributed by atoms with E-state index < -0.39 is 0 Å². The van der Waals surface area contributed by atoms with Crippen molar-refractivity contribution in [2.45, 2.75) is 13.8 Å². The number of benzene rings is 1. The molecule has 0 bridgehead atoms. The first-order chi connectivity index (χ1) is 8.18. The second kappa shape index (κ2) is 4.87. The summed E-state index contributed by atoms with van der Waals surface area (Å²) in [5.41, 5.74) is 2.14. The number of nitrogens with zero attached hydrogens (tertiary/aromatic N) is 2. The van der Waals surface area contributed by atoms with Crippen LogP contribution in [0.2, 0.25) is 0 Å². The minimum absolute atomic E-state index is 0.0234. The van der Waals surface area contributed by atoms with Crippen molar-refractivity contribution in [2.24, 2.45) is 5.92 Å². The number of hydrogen-bond acceptors (Lipinski definition) is 3. The lowest BCUT2D eigenvalue weighted by molar-refractivity contribution is 0.0934. The number of carbonyl (C=O) groups is 1. The van der Waals surface area contributed by atoms with E-state index in [4.69, 9.17) is 0 Å². The van der Waals surface area contributed by atoms with Gasteiger partial charge in [0.05, 0.1) is 18.1 Å². The summed E-state index contributed by atoms with van der Waals surface area (Å²) in [4.78, 5) is 20.3. The highest BCUT2D eigenvalue weighted by Gasteiger charge is 2.13. The zero-order valence-corrected chi connectivity index (χ0v) is 9.92. The van der Waals surface area contributed by atoms with Crippen LogP contribution >= 0.6 is 0 Å². The fourth-order valence-electron chi connectivity index (χ4n) is 1.53. The molecule has 0 atom stereocenters. The van der Waals surface area contributed by atoms with Crippen LogP contribution in [0.4, 0.5) is 0 Å². The van der Waals surface area contributed by atoms with E-state index in [1.807, 2.05) is 44.2 Å². The third-order valence-corrected chi connectivity index (χ3v) is 2.48. The van der Waals surface area contributed by atoms with Crippen LogP contribution in [-0.4, -0.2) is 15.8 Å². The third-order valence-electron chi connectivity index (χ3n) is 2.48. The lowest BCUT2D eigenvalue weighted by atomic mass is 10.1. The Labute approximate surface area is 101 Å². The van der Waals surface area contributed by atoms with E-state index in [2.05, 4.69) is 9.97 Å². The highest BCUT2D eigenvalue weighted by atomic mass is 16.1. The van der Waals surface area contributed by atoms with Gasteiger partial charge in [-0.15, -0.1) is 0 Å². The summed E-state index contributed by atoms with van der Waals surface area (Å²) >= 11 is 0. The summed E-state index contributed by atoms with van der Waals surface area (Å²) in [5, 5.41) is 0. The summed E-state index contributed by atoms with van der Waals surface area (Å²) < 4.78 is 0. The van der Waals surface area contributed by atoms with Crippen molar-refractivity contribution < 1.29 is 4.79 Å². The number of carbonyl (C=O) groups excluding carboxylic acids is 1. The van der Waals surface area contributed by atoms with Crippen LogP contribution in [0.3, 0.4) is 0 Å². The van der Waals surface area contributed by atoms with Gasteiger partial charge < -0.3 is 0 Å². The summed E-state index contributed by atoms with van der Waals surface area (Å²) in [6.45, 7) is 3.72. The minimum atomic E-state index is -0.0599. The van der Waals surface area contributed by atoms with Crippen molar-refractivity contribution in [3.63, 3.8) is 0 Å². The van der Waals surface area contributed by atoms with E-state index >= 15 is 0 Å². The fourth-order valence-corrected chi connectivity index (χ4v) is 1.53. The molecule has 0 spiro atoms. The Balaban J connectivity index is 2.39. The van der Waals surface area contributed by atoms with Crippen LogP contribution in [0.5, 0.6) is 0 Å². The number of aromatic nitrogens is 2. The third kappa shape index (κ3) is 2.56. The number of hydrogen-bond donors (Lipinski definition) is 0. The molecule has 86 valence electrons. The minimum Gasteiger partial charge on any atom is -0.292 e. The molecule has 3 heteroatoms. The summed E-state index contributed by atoms with van der Waals surface area (Å²) in [5.74, 6) is -0.0365. The van der Waals surface area contributed by atoms with Crippen molar-refractivity contribution in [3.05, 3.63) is 48.4 Å². The average molecular weight is 226 g/mol. The van der Waals surface area contributed by atoms with Gasteiger partial charge in [-0.1, -0.05) is 44.2 Å². The molecule has 0 unspecified atom stereocenters. The summed E-state index contributed by atoms with van der Waals surface area (Å²) in [6, 6.07) is 9.73. The number of ketones is 1. The second-order valence-electron chi connectivity index (χ2n) is 4.17. The molecular formula is C14H14N2O. The van der Waals surface area contributed by atoms with Crippen LogP contribution in [0, 0.1) is 5.92 Å². The van der Waals surface area contributed by atoms with E-state index in [-0.39, 0.29) is 11.7 Å². The standard InChI is InChI=1S/C14H14N2O/c1-10(2)14(17)13-9-15-8-12(16-13)11-6-4-3-5-7-11/h3-10H,1-2H3. The van der Waals surface area contributed by atoms with Gasteiger partial charge in [0.25, 0.3) is 0 Å². The molecule has 0 saturated carbocycles. The predicted molar refractivity (Wildman–Crippen MR) is 66.6 cm³/mol. The molecule has 3 nitrogen and oxygen atoms in total. The molecule has 0 N–H and O–H groups in total. The number of rotatable bonds is 3. The Morgan fingerprint density at radius 3 is 2.47 bits per heavy atom. The second-order valence-corrected chi connectivity index (χ2v) is 4.17. The van der Waals surface area contributed by atoms with E-state index in [9.17, 15) is 4.79 Å². The van der Waals surface area contributed by atoms with Crippen molar-refractivity contribution in [1.82, 2.24) is 9.97 Å². The molecule has 2 aromatic rings. The average Bonchev–Trinajstić information content (AvgIpc) is 2.39. The molecule has 0 amide bonds. The van der Waals surface area contributed by atoms with Gasteiger partial charge >= 0.3 is 0 Å². The molecule has 0 aliphatic rings. The molecule has 0 radical (unpaired) electrons. The number of Topliss-reactive ketones (excluding diaryl/α,β-unsaturated/α-hetero) is 1. The Hall–Kier alpha value is -2.03. The Morgan fingerprint density at radius 2 is 1.82 bits per heavy atom. The summed E-state index contributed by atoms with van der Waals surface area (Å²) in [7, 11) is 0. The van der Waals surface area contributed by atoms with Gasteiger partial charge in [0.15, 0.2) is 5.78 Å². The molecule has 0 aliphatic heterocycles. The topological polar surface area (TPSA) is 42.9 Å². The van der Waals surface area contributed by atoms with Crippen molar-refractivity contribution >= 4 is 5.78 Å². The van der Waals surface area contributed by atoms with Gasteiger partial charge in [0, 0.05) is 11.5 Å². The Bertz CT molecular complexity index is 521.